The van der Waals surface area contributed by atoms with E-state index in [1.54, 1.807) is 0 Å². The molecule has 4 aromatic carbocycles. The molecule has 5 aromatic rings. The summed E-state index contributed by atoms with van der Waals surface area (Å²) in [5.74, 6) is 0. The summed E-state index contributed by atoms with van der Waals surface area (Å²) < 4.78 is 2.79. The van der Waals surface area contributed by atoms with Crippen molar-refractivity contribution in [2.24, 2.45) is 0 Å². The third kappa shape index (κ3) is 2.96. The van der Waals surface area contributed by atoms with E-state index < -0.39 is 0 Å². The van der Waals surface area contributed by atoms with E-state index in [1.807, 2.05) is 11.3 Å². The Morgan fingerprint density at radius 1 is 0.676 bits per heavy atom. The van der Waals surface area contributed by atoms with Crippen LogP contribution >= 0.6 is 11.3 Å². The summed E-state index contributed by atoms with van der Waals surface area (Å²) in [7, 11) is 0. The molecule has 0 amide bonds. The second-order valence-electron chi connectivity index (χ2n) is 11.6. The van der Waals surface area contributed by atoms with Crippen LogP contribution in [-0.2, 0) is 10.8 Å². The smallest absolute Gasteiger partial charge is 0.0436 e. The van der Waals surface area contributed by atoms with Gasteiger partial charge in [0.05, 0.1) is 0 Å². The van der Waals surface area contributed by atoms with Crippen LogP contribution in [0.5, 0.6) is 0 Å². The van der Waals surface area contributed by atoms with Gasteiger partial charge in [-0.2, -0.15) is 0 Å². The fourth-order valence-corrected chi connectivity index (χ4v) is 7.16. The lowest BCUT2D eigenvalue weighted by Gasteiger charge is -2.22. The SMILES string of the molecule is Cc1cc2c(cc1-c1c(C)ccc3c1sc1ccc(C(C)(C)C)cc13)-c1ccccc1C2(C)C. The molecule has 34 heavy (non-hydrogen) atoms. The molecular formula is C33H32S. The number of benzene rings is 4. The van der Waals surface area contributed by atoms with Gasteiger partial charge in [0.1, 0.15) is 0 Å². The predicted octanol–water partition coefficient (Wildman–Crippen LogP) is 9.94. The first-order valence-corrected chi connectivity index (χ1v) is 13.1. The van der Waals surface area contributed by atoms with Gasteiger partial charge in [-0.05, 0) is 82.0 Å². The van der Waals surface area contributed by atoms with Gasteiger partial charge < -0.3 is 0 Å². The van der Waals surface area contributed by atoms with Gasteiger partial charge >= 0.3 is 0 Å². The molecule has 0 aliphatic heterocycles. The van der Waals surface area contributed by atoms with Crippen molar-refractivity contribution in [1.29, 1.82) is 0 Å². The number of fused-ring (bicyclic) bond motifs is 6. The molecule has 0 spiro atoms. The molecule has 0 saturated heterocycles. The molecule has 0 nitrogen and oxygen atoms in total. The van der Waals surface area contributed by atoms with E-state index in [1.165, 1.54) is 70.2 Å². The lowest BCUT2D eigenvalue weighted by atomic mass is 9.81. The van der Waals surface area contributed by atoms with Crippen LogP contribution < -0.4 is 0 Å². The van der Waals surface area contributed by atoms with Gasteiger partial charge in [0, 0.05) is 31.2 Å². The zero-order valence-electron chi connectivity index (χ0n) is 21.3. The Kier molecular flexibility index (Phi) is 4.49. The van der Waals surface area contributed by atoms with Crippen molar-refractivity contribution >= 4 is 31.5 Å². The minimum absolute atomic E-state index is 0.0389. The second kappa shape index (κ2) is 7.06. The van der Waals surface area contributed by atoms with Gasteiger partial charge in [-0.25, -0.2) is 0 Å². The molecule has 0 fully saturated rings. The van der Waals surface area contributed by atoms with E-state index in [0.29, 0.717) is 0 Å². The maximum Gasteiger partial charge on any atom is 0.0436 e. The minimum Gasteiger partial charge on any atom is -0.135 e. The topological polar surface area (TPSA) is 0 Å². The maximum atomic E-state index is 2.48. The first-order chi connectivity index (χ1) is 16.1. The van der Waals surface area contributed by atoms with Gasteiger partial charge in [-0.3, -0.25) is 0 Å². The first-order valence-electron chi connectivity index (χ1n) is 12.3. The summed E-state index contributed by atoms with van der Waals surface area (Å²) in [6.45, 7) is 16.2. The van der Waals surface area contributed by atoms with Crippen LogP contribution in [0.2, 0.25) is 0 Å². The Bertz CT molecular complexity index is 1620. The number of thiophene rings is 1. The largest absolute Gasteiger partial charge is 0.135 e. The van der Waals surface area contributed by atoms with Crippen molar-refractivity contribution in [2.75, 3.05) is 0 Å². The van der Waals surface area contributed by atoms with E-state index in [0.717, 1.165) is 0 Å². The highest BCUT2D eigenvalue weighted by Crippen LogP contribution is 2.51. The highest BCUT2D eigenvalue weighted by Gasteiger charge is 2.35. The summed E-state index contributed by atoms with van der Waals surface area (Å²) in [6.07, 6.45) is 0. The average molecular weight is 461 g/mol. The van der Waals surface area contributed by atoms with E-state index >= 15 is 0 Å². The molecule has 1 aliphatic rings. The maximum absolute atomic E-state index is 2.48. The van der Waals surface area contributed by atoms with Crippen LogP contribution in [0.15, 0.2) is 66.7 Å². The molecule has 0 atom stereocenters. The molecule has 1 aliphatic carbocycles. The number of rotatable bonds is 1. The molecule has 0 bridgehead atoms. The van der Waals surface area contributed by atoms with E-state index in [2.05, 4.69) is 115 Å². The van der Waals surface area contributed by atoms with Gasteiger partial charge in [-0.1, -0.05) is 83.1 Å². The van der Waals surface area contributed by atoms with Gasteiger partial charge in [0.2, 0.25) is 0 Å². The van der Waals surface area contributed by atoms with Crippen LogP contribution in [0.3, 0.4) is 0 Å². The highest BCUT2D eigenvalue weighted by molar-refractivity contribution is 7.26. The van der Waals surface area contributed by atoms with E-state index in [-0.39, 0.29) is 10.8 Å². The third-order valence-corrected chi connectivity index (χ3v) is 9.12. The fraction of sp³-hybridized carbons (Fsp3) is 0.273. The predicted molar refractivity (Wildman–Crippen MR) is 151 cm³/mol. The highest BCUT2D eigenvalue weighted by atomic mass is 32.1. The minimum atomic E-state index is 0.0389. The number of hydrogen-bond donors (Lipinski definition) is 0. The normalized spacial score (nSPS) is 14.6. The van der Waals surface area contributed by atoms with Crippen molar-refractivity contribution in [3.05, 3.63) is 94.5 Å². The fourth-order valence-electron chi connectivity index (χ4n) is 5.87. The summed E-state index contributed by atoms with van der Waals surface area (Å²) in [5, 5.41) is 2.77. The Balaban J connectivity index is 1.65. The molecule has 6 rings (SSSR count). The van der Waals surface area contributed by atoms with Crippen molar-refractivity contribution in [3.8, 4) is 22.3 Å². The lowest BCUT2D eigenvalue weighted by molar-refractivity contribution is 0.591. The average Bonchev–Trinajstić information content (AvgIpc) is 3.26. The van der Waals surface area contributed by atoms with Gasteiger partial charge in [-0.15, -0.1) is 11.3 Å². The zero-order chi connectivity index (χ0) is 24.0. The standard InChI is InChI=1S/C33H32S/c1-19-12-14-23-26-17-21(32(3,4)5)13-15-29(26)34-31(23)30(19)24-18-25-22-10-8-9-11-27(22)33(6,7)28(25)16-20(24)2/h8-18H,1-7H3. The molecule has 1 heteroatoms. The van der Waals surface area contributed by atoms with E-state index in [4.69, 9.17) is 0 Å². The first kappa shape index (κ1) is 21.6. The summed E-state index contributed by atoms with van der Waals surface area (Å²) in [6, 6.07) is 25.6. The summed E-state index contributed by atoms with van der Waals surface area (Å²) >= 11 is 1.94. The molecule has 0 radical (unpaired) electrons. The Labute approximate surface area is 207 Å². The van der Waals surface area contributed by atoms with Gasteiger partial charge in [0.15, 0.2) is 0 Å². The van der Waals surface area contributed by atoms with Crippen LogP contribution in [0.25, 0.3) is 42.4 Å². The van der Waals surface area contributed by atoms with Crippen molar-refractivity contribution in [1.82, 2.24) is 0 Å². The molecule has 1 heterocycles. The second-order valence-corrected chi connectivity index (χ2v) is 12.6. The molecule has 0 saturated carbocycles. The Morgan fingerprint density at radius 3 is 2.21 bits per heavy atom. The summed E-state index contributed by atoms with van der Waals surface area (Å²) in [5.41, 5.74) is 12.7. The molecule has 0 N–H and O–H groups in total. The van der Waals surface area contributed by atoms with Crippen LogP contribution in [0, 0.1) is 13.8 Å². The van der Waals surface area contributed by atoms with Crippen LogP contribution in [0.4, 0.5) is 0 Å². The molecular weight excluding hydrogens is 428 g/mol. The van der Waals surface area contributed by atoms with Crippen molar-refractivity contribution in [3.63, 3.8) is 0 Å². The third-order valence-electron chi connectivity index (χ3n) is 7.91. The lowest BCUT2D eigenvalue weighted by Crippen LogP contribution is -2.15. The molecule has 0 unspecified atom stereocenters. The number of hydrogen-bond acceptors (Lipinski definition) is 1. The van der Waals surface area contributed by atoms with Crippen LogP contribution in [0.1, 0.15) is 62.4 Å². The van der Waals surface area contributed by atoms with Crippen molar-refractivity contribution < 1.29 is 0 Å². The quantitative estimate of drug-likeness (QED) is 0.233. The Morgan fingerprint density at radius 2 is 1.44 bits per heavy atom. The molecule has 170 valence electrons. The molecule has 1 aromatic heterocycles. The van der Waals surface area contributed by atoms with Gasteiger partial charge in [0.25, 0.3) is 0 Å². The zero-order valence-corrected chi connectivity index (χ0v) is 22.1. The van der Waals surface area contributed by atoms with E-state index in [9.17, 15) is 0 Å². The monoisotopic (exact) mass is 460 g/mol. The Hall–Kier alpha value is -2.90. The van der Waals surface area contributed by atoms with Crippen molar-refractivity contribution in [2.45, 2.75) is 59.3 Å². The number of aryl methyl sites for hydroxylation is 2. The summed E-state index contributed by atoms with van der Waals surface area (Å²) in [4.78, 5) is 0. The van der Waals surface area contributed by atoms with Crippen LogP contribution in [-0.4, -0.2) is 0 Å².